The van der Waals surface area contributed by atoms with Crippen LogP contribution in [0.15, 0.2) is 45.1 Å². The summed E-state index contributed by atoms with van der Waals surface area (Å²) in [5.41, 5.74) is 0.759. The SMILES string of the molecule is CNCc1ccccc1S(=O)(=O)NCc1ccc(Br)s1. The second kappa shape index (κ2) is 6.82. The lowest BCUT2D eigenvalue weighted by Gasteiger charge is -2.10. The lowest BCUT2D eigenvalue weighted by Crippen LogP contribution is -2.24. The highest BCUT2D eigenvalue weighted by atomic mass is 79.9. The minimum absolute atomic E-state index is 0.298. The van der Waals surface area contributed by atoms with Crippen LogP contribution in [0.5, 0.6) is 0 Å². The molecule has 108 valence electrons. The number of hydrogen-bond acceptors (Lipinski definition) is 4. The van der Waals surface area contributed by atoms with Gasteiger partial charge in [0.25, 0.3) is 0 Å². The third kappa shape index (κ3) is 3.89. The van der Waals surface area contributed by atoms with Gasteiger partial charge in [-0.1, -0.05) is 18.2 Å². The van der Waals surface area contributed by atoms with E-state index in [0.29, 0.717) is 18.0 Å². The standard InChI is InChI=1S/C13H15BrN2O2S2/c1-15-8-10-4-2-3-5-12(10)20(17,18)16-9-11-6-7-13(14)19-11/h2-7,15-16H,8-9H2,1H3. The molecular weight excluding hydrogens is 360 g/mol. The van der Waals surface area contributed by atoms with E-state index in [4.69, 9.17) is 0 Å². The summed E-state index contributed by atoms with van der Waals surface area (Å²) in [6.45, 7) is 0.814. The zero-order valence-electron chi connectivity index (χ0n) is 10.9. The minimum Gasteiger partial charge on any atom is -0.316 e. The number of rotatable bonds is 6. The van der Waals surface area contributed by atoms with E-state index in [1.54, 1.807) is 19.2 Å². The molecule has 0 saturated heterocycles. The highest BCUT2D eigenvalue weighted by Gasteiger charge is 2.17. The lowest BCUT2D eigenvalue weighted by molar-refractivity contribution is 0.580. The normalized spacial score (nSPS) is 11.7. The molecule has 0 radical (unpaired) electrons. The maximum Gasteiger partial charge on any atom is 0.241 e. The van der Waals surface area contributed by atoms with E-state index in [2.05, 4.69) is 26.0 Å². The number of nitrogens with one attached hydrogen (secondary N) is 2. The first-order valence-electron chi connectivity index (χ1n) is 5.99. The molecule has 0 bridgehead atoms. The molecule has 1 aromatic heterocycles. The predicted octanol–water partition coefficient (Wildman–Crippen LogP) is 2.71. The first-order valence-corrected chi connectivity index (χ1v) is 9.08. The van der Waals surface area contributed by atoms with Crippen molar-refractivity contribution in [3.63, 3.8) is 0 Å². The Kier molecular flexibility index (Phi) is 5.34. The van der Waals surface area contributed by atoms with E-state index >= 15 is 0 Å². The molecular formula is C13H15BrN2O2S2. The summed E-state index contributed by atoms with van der Waals surface area (Å²) in [6.07, 6.45) is 0. The first-order chi connectivity index (χ1) is 9.53. The second-order valence-electron chi connectivity index (χ2n) is 4.17. The van der Waals surface area contributed by atoms with Gasteiger partial charge in [0.1, 0.15) is 0 Å². The average molecular weight is 375 g/mol. The first kappa shape index (κ1) is 15.7. The van der Waals surface area contributed by atoms with E-state index in [-0.39, 0.29) is 0 Å². The van der Waals surface area contributed by atoms with E-state index in [1.807, 2.05) is 24.3 Å². The Labute approximate surface area is 131 Å². The smallest absolute Gasteiger partial charge is 0.241 e. The Balaban J connectivity index is 2.18. The molecule has 1 heterocycles. The summed E-state index contributed by atoms with van der Waals surface area (Å²) in [4.78, 5) is 1.29. The Morgan fingerprint density at radius 1 is 1.15 bits per heavy atom. The minimum atomic E-state index is -3.50. The monoisotopic (exact) mass is 374 g/mol. The molecule has 0 saturated carbocycles. The van der Waals surface area contributed by atoms with Gasteiger partial charge in [-0.05, 0) is 46.7 Å². The molecule has 0 amide bonds. The van der Waals surface area contributed by atoms with Crippen LogP contribution in [0.3, 0.4) is 0 Å². The molecule has 0 aliphatic rings. The van der Waals surface area contributed by atoms with Gasteiger partial charge in [0.2, 0.25) is 10.0 Å². The Morgan fingerprint density at radius 3 is 2.55 bits per heavy atom. The summed E-state index contributed by atoms with van der Waals surface area (Å²) in [5, 5.41) is 2.98. The predicted molar refractivity (Wildman–Crippen MR) is 85.3 cm³/mol. The summed E-state index contributed by atoms with van der Waals surface area (Å²) in [6, 6.07) is 10.8. The van der Waals surface area contributed by atoms with Gasteiger partial charge in [-0.15, -0.1) is 11.3 Å². The molecule has 2 aromatic rings. The van der Waals surface area contributed by atoms with Gasteiger partial charge in [0.05, 0.1) is 8.68 Å². The zero-order chi connectivity index (χ0) is 14.6. The van der Waals surface area contributed by atoms with Gasteiger partial charge in [-0.25, -0.2) is 13.1 Å². The van der Waals surface area contributed by atoms with Crippen LogP contribution in [0.4, 0.5) is 0 Å². The van der Waals surface area contributed by atoms with Crippen molar-refractivity contribution in [1.29, 1.82) is 0 Å². The summed E-state index contributed by atoms with van der Waals surface area (Å²) >= 11 is 4.88. The number of benzene rings is 1. The highest BCUT2D eigenvalue weighted by Crippen LogP contribution is 2.22. The van der Waals surface area contributed by atoms with Gasteiger partial charge in [0.15, 0.2) is 0 Å². The molecule has 2 rings (SSSR count). The Hall–Kier alpha value is -0.730. The molecule has 1 aromatic carbocycles. The zero-order valence-corrected chi connectivity index (χ0v) is 14.1. The summed E-state index contributed by atoms with van der Waals surface area (Å²) in [5.74, 6) is 0. The molecule has 0 unspecified atom stereocenters. The van der Waals surface area contributed by atoms with Crippen LogP contribution in [0.1, 0.15) is 10.4 Å². The van der Waals surface area contributed by atoms with Crippen LogP contribution in [-0.4, -0.2) is 15.5 Å². The van der Waals surface area contributed by atoms with Gasteiger partial charge < -0.3 is 5.32 Å². The lowest BCUT2D eigenvalue weighted by atomic mass is 10.2. The van der Waals surface area contributed by atoms with Crippen molar-refractivity contribution in [1.82, 2.24) is 10.0 Å². The van der Waals surface area contributed by atoms with E-state index in [0.717, 1.165) is 14.2 Å². The van der Waals surface area contributed by atoms with Gasteiger partial charge in [0, 0.05) is 18.0 Å². The Morgan fingerprint density at radius 2 is 1.90 bits per heavy atom. The molecule has 0 aliphatic carbocycles. The molecule has 7 heteroatoms. The second-order valence-corrected chi connectivity index (χ2v) is 8.45. The van der Waals surface area contributed by atoms with Crippen LogP contribution in [-0.2, 0) is 23.1 Å². The van der Waals surface area contributed by atoms with Crippen LogP contribution >= 0.6 is 27.3 Å². The van der Waals surface area contributed by atoms with Gasteiger partial charge in [-0.3, -0.25) is 0 Å². The molecule has 0 atom stereocenters. The number of halogens is 1. The molecule has 0 spiro atoms. The van der Waals surface area contributed by atoms with Crippen LogP contribution in [0, 0.1) is 0 Å². The third-order valence-electron chi connectivity index (χ3n) is 2.69. The van der Waals surface area contributed by atoms with E-state index < -0.39 is 10.0 Å². The van der Waals surface area contributed by atoms with Crippen molar-refractivity contribution in [2.24, 2.45) is 0 Å². The van der Waals surface area contributed by atoms with Crippen molar-refractivity contribution < 1.29 is 8.42 Å². The van der Waals surface area contributed by atoms with Gasteiger partial charge in [-0.2, -0.15) is 0 Å². The van der Waals surface area contributed by atoms with Crippen molar-refractivity contribution in [2.75, 3.05) is 7.05 Å². The van der Waals surface area contributed by atoms with Crippen molar-refractivity contribution in [3.8, 4) is 0 Å². The third-order valence-corrected chi connectivity index (χ3v) is 5.82. The summed E-state index contributed by atoms with van der Waals surface area (Å²) in [7, 11) is -1.71. The number of thiophene rings is 1. The number of hydrogen-bond donors (Lipinski definition) is 2. The van der Waals surface area contributed by atoms with Crippen LogP contribution in [0.2, 0.25) is 0 Å². The van der Waals surface area contributed by atoms with Crippen molar-refractivity contribution in [2.45, 2.75) is 18.0 Å². The fourth-order valence-electron chi connectivity index (χ4n) is 1.79. The van der Waals surface area contributed by atoms with Crippen LogP contribution in [0.25, 0.3) is 0 Å². The van der Waals surface area contributed by atoms with Crippen molar-refractivity contribution in [3.05, 3.63) is 50.6 Å². The topological polar surface area (TPSA) is 58.2 Å². The number of sulfonamides is 1. The largest absolute Gasteiger partial charge is 0.316 e. The highest BCUT2D eigenvalue weighted by molar-refractivity contribution is 9.11. The molecule has 0 fully saturated rings. The molecule has 2 N–H and O–H groups in total. The van der Waals surface area contributed by atoms with Crippen LogP contribution < -0.4 is 10.0 Å². The van der Waals surface area contributed by atoms with Crippen molar-refractivity contribution >= 4 is 37.3 Å². The fraction of sp³-hybridized carbons (Fsp3) is 0.231. The fourth-order valence-corrected chi connectivity index (χ4v) is 4.55. The maximum atomic E-state index is 12.4. The van der Waals surface area contributed by atoms with E-state index in [1.165, 1.54) is 11.3 Å². The summed E-state index contributed by atoms with van der Waals surface area (Å²) < 4.78 is 28.3. The average Bonchev–Trinajstić information content (AvgIpc) is 2.83. The van der Waals surface area contributed by atoms with E-state index in [9.17, 15) is 8.42 Å². The molecule has 0 aliphatic heterocycles. The quantitative estimate of drug-likeness (QED) is 0.816. The maximum absolute atomic E-state index is 12.4. The van der Waals surface area contributed by atoms with Gasteiger partial charge >= 0.3 is 0 Å². The molecule has 20 heavy (non-hydrogen) atoms. The Bertz CT molecular complexity index is 683. The molecule has 4 nitrogen and oxygen atoms in total.